The fourth-order valence-corrected chi connectivity index (χ4v) is 3.00. The quantitative estimate of drug-likeness (QED) is 0.423. The van der Waals surface area contributed by atoms with E-state index in [4.69, 9.17) is 4.74 Å². The maximum absolute atomic E-state index is 10.7. The van der Waals surface area contributed by atoms with Crippen LogP contribution in [0.3, 0.4) is 0 Å². The Hall–Kier alpha value is -1.16. The highest BCUT2D eigenvalue weighted by Crippen LogP contribution is 2.39. The molecule has 0 aromatic heterocycles. The second-order valence-electron chi connectivity index (χ2n) is 6.28. The number of para-hydroxylation sites is 1. The van der Waals surface area contributed by atoms with Crippen molar-refractivity contribution in [3.05, 3.63) is 29.8 Å². The lowest BCUT2D eigenvalue weighted by Gasteiger charge is -2.14. The molecule has 1 aromatic rings. The second-order valence-corrected chi connectivity index (χ2v) is 6.28. The van der Waals surface area contributed by atoms with Crippen molar-refractivity contribution >= 4 is 17.4 Å². The minimum absolute atomic E-state index is 0. The van der Waals surface area contributed by atoms with Crippen LogP contribution in [-0.2, 0) is 14.9 Å². The van der Waals surface area contributed by atoms with Crippen molar-refractivity contribution in [2.24, 2.45) is 0 Å². The predicted octanol–water partition coefficient (Wildman–Crippen LogP) is 0.820. The molecule has 0 fully saturated rings. The van der Waals surface area contributed by atoms with Crippen molar-refractivity contribution in [3.63, 3.8) is 0 Å². The van der Waals surface area contributed by atoms with E-state index >= 15 is 0 Å². The highest BCUT2D eigenvalue weighted by atomic mass is 79.9. The summed E-state index contributed by atoms with van der Waals surface area (Å²) < 4.78 is 7.41. The summed E-state index contributed by atoms with van der Waals surface area (Å²) in [6.45, 7) is 9.86. The maximum Gasteiger partial charge on any atom is 0.302 e. The SMILES string of the molecule is CC(=O)OCCCCC[N+]1=C(C)C(C)(C)c2ccccc21.[Br-]. The van der Waals surface area contributed by atoms with Gasteiger partial charge in [-0.1, -0.05) is 18.2 Å². The molecule has 0 spiro atoms. The molecule has 0 amide bonds. The number of rotatable bonds is 6. The van der Waals surface area contributed by atoms with E-state index < -0.39 is 0 Å². The Balaban J connectivity index is 0.00000242. The molecular weight excluding hydrogens is 342 g/mol. The summed E-state index contributed by atoms with van der Waals surface area (Å²) in [7, 11) is 0. The molecule has 4 heteroatoms. The van der Waals surface area contributed by atoms with Gasteiger partial charge in [-0.3, -0.25) is 4.79 Å². The lowest BCUT2D eigenvalue weighted by atomic mass is 9.82. The molecule has 0 bridgehead atoms. The fourth-order valence-electron chi connectivity index (χ4n) is 3.00. The summed E-state index contributed by atoms with van der Waals surface area (Å²) in [6, 6.07) is 8.68. The molecule has 22 heavy (non-hydrogen) atoms. The maximum atomic E-state index is 10.7. The average Bonchev–Trinajstić information content (AvgIpc) is 2.63. The highest BCUT2D eigenvalue weighted by molar-refractivity contribution is 5.93. The third kappa shape index (κ3) is 3.97. The van der Waals surface area contributed by atoms with Crippen molar-refractivity contribution in [2.45, 2.75) is 52.4 Å². The summed E-state index contributed by atoms with van der Waals surface area (Å²) in [5.41, 5.74) is 4.31. The Bertz CT molecular complexity index is 564. The van der Waals surface area contributed by atoms with Crippen molar-refractivity contribution in [3.8, 4) is 0 Å². The number of carbonyl (C=O) groups excluding carboxylic acids is 1. The summed E-state index contributed by atoms with van der Waals surface area (Å²) in [5.74, 6) is -0.186. The zero-order valence-corrected chi connectivity index (χ0v) is 15.6. The Morgan fingerprint density at radius 1 is 1.18 bits per heavy atom. The Labute approximate surface area is 144 Å². The van der Waals surface area contributed by atoms with E-state index in [-0.39, 0.29) is 28.4 Å². The van der Waals surface area contributed by atoms with Crippen LogP contribution in [0.1, 0.15) is 52.5 Å². The zero-order chi connectivity index (χ0) is 15.5. The number of nitrogens with zero attached hydrogens (tertiary/aromatic N) is 1. The van der Waals surface area contributed by atoms with E-state index in [0.29, 0.717) is 6.61 Å². The van der Waals surface area contributed by atoms with E-state index in [1.54, 1.807) is 0 Å². The Kier molecular flexibility index (Phi) is 6.79. The first kappa shape index (κ1) is 18.9. The Morgan fingerprint density at radius 3 is 2.55 bits per heavy atom. The van der Waals surface area contributed by atoms with Gasteiger partial charge in [0.1, 0.15) is 6.54 Å². The van der Waals surface area contributed by atoms with Crippen molar-refractivity contribution in [2.75, 3.05) is 13.2 Å². The van der Waals surface area contributed by atoms with Gasteiger partial charge in [-0.2, -0.15) is 4.58 Å². The highest BCUT2D eigenvalue weighted by Gasteiger charge is 2.42. The number of benzene rings is 1. The van der Waals surface area contributed by atoms with Gasteiger partial charge in [0.2, 0.25) is 5.69 Å². The van der Waals surface area contributed by atoms with Gasteiger partial charge < -0.3 is 21.7 Å². The number of fused-ring (bicyclic) bond motifs is 1. The van der Waals surface area contributed by atoms with Gasteiger partial charge >= 0.3 is 5.97 Å². The van der Waals surface area contributed by atoms with Gasteiger partial charge in [-0.05, 0) is 26.7 Å². The van der Waals surface area contributed by atoms with Crippen LogP contribution in [0, 0.1) is 0 Å². The van der Waals surface area contributed by atoms with Crippen molar-refractivity contribution < 1.29 is 31.1 Å². The van der Waals surface area contributed by atoms with Crippen LogP contribution in [0.2, 0.25) is 0 Å². The molecule has 3 nitrogen and oxygen atoms in total. The molecule has 0 N–H and O–H groups in total. The van der Waals surface area contributed by atoms with Gasteiger partial charge in [-0.25, -0.2) is 0 Å². The van der Waals surface area contributed by atoms with Crippen LogP contribution in [-0.4, -0.2) is 29.4 Å². The minimum atomic E-state index is -0.186. The lowest BCUT2D eigenvalue weighted by molar-refractivity contribution is -0.439. The third-order valence-corrected chi connectivity index (χ3v) is 4.51. The summed E-state index contributed by atoms with van der Waals surface area (Å²) in [4.78, 5) is 10.7. The largest absolute Gasteiger partial charge is 1.00 e. The predicted molar refractivity (Wildman–Crippen MR) is 85.4 cm³/mol. The van der Waals surface area contributed by atoms with Gasteiger partial charge in [0.25, 0.3) is 0 Å². The number of hydrogen-bond donors (Lipinski definition) is 0. The second kappa shape index (κ2) is 7.91. The zero-order valence-electron chi connectivity index (χ0n) is 14.0. The van der Waals surface area contributed by atoms with Gasteiger partial charge in [0.15, 0.2) is 5.71 Å². The summed E-state index contributed by atoms with van der Waals surface area (Å²) in [5, 5.41) is 0. The van der Waals surface area contributed by atoms with Crippen molar-refractivity contribution in [1.29, 1.82) is 0 Å². The van der Waals surface area contributed by atoms with Crippen LogP contribution in [0.4, 0.5) is 5.69 Å². The third-order valence-electron chi connectivity index (χ3n) is 4.51. The number of carbonyl (C=O) groups is 1. The molecular formula is C18H26BrNO2. The minimum Gasteiger partial charge on any atom is -1.00 e. The smallest absolute Gasteiger partial charge is 0.302 e. The molecule has 0 aliphatic carbocycles. The van der Waals surface area contributed by atoms with Crippen LogP contribution in [0.5, 0.6) is 0 Å². The molecule has 0 atom stereocenters. The molecule has 1 heterocycles. The first-order valence-corrected chi connectivity index (χ1v) is 7.79. The van der Waals surface area contributed by atoms with Crippen LogP contribution >= 0.6 is 0 Å². The monoisotopic (exact) mass is 367 g/mol. The molecule has 0 radical (unpaired) electrons. The van der Waals surface area contributed by atoms with Crippen LogP contribution in [0.15, 0.2) is 24.3 Å². The first-order valence-electron chi connectivity index (χ1n) is 7.79. The van der Waals surface area contributed by atoms with Crippen molar-refractivity contribution in [1.82, 2.24) is 0 Å². The molecule has 1 aromatic carbocycles. The Morgan fingerprint density at radius 2 is 1.86 bits per heavy atom. The lowest BCUT2D eigenvalue weighted by Crippen LogP contribution is -3.00. The average molecular weight is 368 g/mol. The van der Waals surface area contributed by atoms with E-state index in [1.165, 1.54) is 23.9 Å². The number of halogens is 1. The first-order chi connectivity index (χ1) is 9.94. The van der Waals surface area contributed by atoms with E-state index in [1.807, 2.05) is 0 Å². The number of hydrogen-bond acceptors (Lipinski definition) is 2. The van der Waals surface area contributed by atoms with Crippen LogP contribution in [0.25, 0.3) is 0 Å². The number of unbranched alkanes of at least 4 members (excludes halogenated alkanes) is 2. The van der Waals surface area contributed by atoms with E-state index in [9.17, 15) is 4.79 Å². The molecule has 1 aliphatic heterocycles. The van der Waals surface area contributed by atoms with E-state index in [0.717, 1.165) is 25.8 Å². The summed E-state index contributed by atoms with van der Waals surface area (Å²) >= 11 is 0. The molecule has 2 rings (SSSR count). The molecule has 0 saturated carbocycles. The normalized spacial score (nSPS) is 15.3. The standard InChI is InChI=1S/C18H26NO2.BrH/c1-14-18(3,4)16-10-6-7-11-17(16)19(14)12-8-5-9-13-21-15(2)20;/h6-7,10-11H,5,8-9,12-13H2,1-4H3;1H/q+1;/p-1. The number of esters is 1. The molecule has 122 valence electrons. The van der Waals surface area contributed by atoms with Gasteiger partial charge in [0.05, 0.1) is 12.0 Å². The van der Waals surface area contributed by atoms with Gasteiger partial charge in [-0.15, -0.1) is 0 Å². The topological polar surface area (TPSA) is 29.3 Å². The molecule has 0 unspecified atom stereocenters. The van der Waals surface area contributed by atoms with Crippen LogP contribution < -0.4 is 17.0 Å². The fraction of sp³-hybridized carbons (Fsp3) is 0.556. The molecule has 1 aliphatic rings. The van der Waals surface area contributed by atoms with E-state index in [2.05, 4.69) is 49.6 Å². The van der Waals surface area contributed by atoms with Gasteiger partial charge in [0, 0.05) is 31.9 Å². The summed E-state index contributed by atoms with van der Waals surface area (Å²) in [6.07, 6.45) is 3.14. The molecule has 0 saturated heterocycles. The number of ether oxygens (including phenoxy) is 1.